The highest BCUT2D eigenvalue weighted by molar-refractivity contribution is 9.10. The Balaban J connectivity index is 2.17. The van der Waals surface area contributed by atoms with E-state index in [1.54, 1.807) is 23.0 Å². The van der Waals surface area contributed by atoms with Crippen molar-refractivity contribution in [1.82, 2.24) is 15.0 Å². The van der Waals surface area contributed by atoms with Gasteiger partial charge in [-0.3, -0.25) is 10.1 Å². The molecule has 0 aliphatic carbocycles. The van der Waals surface area contributed by atoms with Gasteiger partial charge in [0.25, 0.3) is 5.69 Å². The van der Waals surface area contributed by atoms with Gasteiger partial charge in [0.05, 0.1) is 22.7 Å². The van der Waals surface area contributed by atoms with Crippen LogP contribution in [0.1, 0.15) is 17.7 Å². The summed E-state index contributed by atoms with van der Waals surface area (Å²) in [4.78, 5) is 10.6. The van der Waals surface area contributed by atoms with Crippen molar-refractivity contribution in [2.45, 2.75) is 19.4 Å². The highest BCUT2D eigenvalue weighted by Gasteiger charge is 2.15. The minimum absolute atomic E-state index is 0.0679. The number of hydrogen-bond donors (Lipinski definition) is 1. The number of nitro benzene ring substituents is 1. The van der Waals surface area contributed by atoms with Gasteiger partial charge in [0.2, 0.25) is 0 Å². The lowest BCUT2D eigenvalue weighted by Gasteiger charge is -2.03. The van der Waals surface area contributed by atoms with E-state index >= 15 is 0 Å². The second-order valence-electron chi connectivity index (χ2n) is 4.33. The first kappa shape index (κ1) is 14.6. The van der Waals surface area contributed by atoms with Gasteiger partial charge in [-0.1, -0.05) is 21.1 Å². The largest absolute Gasteiger partial charge is 0.330 e. The number of nitrogens with two attached hydrogens (primary N) is 1. The second-order valence-corrected chi connectivity index (χ2v) is 5.25. The summed E-state index contributed by atoms with van der Waals surface area (Å²) in [5.74, 6) is 0. The highest BCUT2D eigenvalue weighted by Crippen LogP contribution is 2.24. The first-order chi connectivity index (χ1) is 9.60. The van der Waals surface area contributed by atoms with Crippen LogP contribution >= 0.6 is 15.9 Å². The third-order valence-electron chi connectivity index (χ3n) is 2.80. The zero-order valence-electron chi connectivity index (χ0n) is 10.7. The molecule has 2 N–H and O–H groups in total. The quantitative estimate of drug-likeness (QED) is 0.639. The molecule has 2 aromatic rings. The number of aryl methyl sites for hydroxylation is 1. The number of hydrogen-bond acceptors (Lipinski definition) is 5. The van der Waals surface area contributed by atoms with E-state index in [9.17, 15) is 10.1 Å². The molecule has 7 nitrogen and oxygen atoms in total. The fraction of sp³-hybridized carbons (Fsp3) is 0.333. The zero-order valence-corrected chi connectivity index (χ0v) is 12.3. The van der Waals surface area contributed by atoms with Crippen LogP contribution in [0.4, 0.5) is 5.69 Å². The molecule has 1 aromatic carbocycles. The van der Waals surface area contributed by atoms with Crippen LogP contribution in [0.3, 0.4) is 0 Å². The van der Waals surface area contributed by atoms with Gasteiger partial charge in [0.1, 0.15) is 0 Å². The Bertz CT molecular complexity index is 614. The molecule has 0 atom stereocenters. The van der Waals surface area contributed by atoms with Crippen LogP contribution in [-0.4, -0.2) is 26.5 Å². The summed E-state index contributed by atoms with van der Waals surface area (Å²) in [6.07, 6.45) is 3.40. The molecule has 0 saturated carbocycles. The van der Waals surface area contributed by atoms with E-state index in [4.69, 9.17) is 5.73 Å². The van der Waals surface area contributed by atoms with Gasteiger partial charge in [0, 0.05) is 16.7 Å². The molecule has 0 aliphatic heterocycles. The fourth-order valence-corrected chi connectivity index (χ4v) is 2.18. The van der Waals surface area contributed by atoms with Crippen molar-refractivity contribution >= 4 is 21.6 Å². The Morgan fingerprint density at radius 3 is 2.95 bits per heavy atom. The van der Waals surface area contributed by atoms with Crippen LogP contribution in [-0.2, 0) is 13.0 Å². The van der Waals surface area contributed by atoms with Crippen molar-refractivity contribution in [2.24, 2.45) is 5.73 Å². The van der Waals surface area contributed by atoms with Crippen molar-refractivity contribution in [2.75, 3.05) is 6.54 Å². The summed E-state index contributed by atoms with van der Waals surface area (Å²) in [6.45, 7) is 0.921. The van der Waals surface area contributed by atoms with Crippen LogP contribution in [0.25, 0.3) is 0 Å². The minimum atomic E-state index is -0.396. The van der Waals surface area contributed by atoms with Crippen LogP contribution in [0.2, 0.25) is 0 Å². The number of halogens is 1. The van der Waals surface area contributed by atoms with Crippen molar-refractivity contribution in [1.29, 1.82) is 0 Å². The van der Waals surface area contributed by atoms with E-state index in [0.29, 0.717) is 23.1 Å². The zero-order chi connectivity index (χ0) is 14.5. The van der Waals surface area contributed by atoms with Gasteiger partial charge in [-0.15, -0.1) is 5.10 Å². The molecule has 0 saturated heterocycles. The lowest BCUT2D eigenvalue weighted by atomic mass is 10.2. The van der Waals surface area contributed by atoms with E-state index in [0.717, 1.165) is 18.5 Å². The third kappa shape index (κ3) is 3.61. The lowest BCUT2D eigenvalue weighted by molar-refractivity contribution is -0.385. The molecular formula is C12H14BrN5O2. The Morgan fingerprint density at radius 2 is 2.25 bits per heavy atom. The predicted molar refractivity (Wildman–Crippen MR) is 77.3 cm³/mol. The monoisotopic (exact) mass is 339 g/mol. The number of aromatic nitrogens is 3. The van der Waals surface area contributed by atoms with Crippen LogP contribution in [0.15, 0.2) is 28.9 Å². The fourth-order valence-electron chi connectivity index (χ4n) is 1.83. The molecular weight excluding hydrogens is 326 g/mol. The summed E-state index contributed by atoms with van der Waals surface area (Å²) in [5.41, 5.74) is 6.94. The van der Waals surface area contributed by atoms with Gasteiger partial charge in [-0.2, -0.15) is 0 Å². The molecule has 0 radical (unpaired) electrons. The van der Waals surface area contributed by atoms with Crippen LogP contribution in [0, 0.1) is 10.1 Å². The number of rotatable bonds is 6. The average Bonchev–Trinajstić information content (AvgIpc) is 2.86. The molecule has 8 heteroatoms. The molecule has 0 bridgehead atoms. The summed E-state index contributed by atoms with van der Waals surface area (Å²) in [7, 11) is 0. The third-order valence-corrected chi connectivity index (χ3v) is 3.29. The second kappa shape index (κ2) is 6.58. The maximum absolute atomic E-state index is 11.0. The minimum Gasteiger partial charge on any atom is -0.330 e. The molecule has 1 heterocycles. The van der Waals surface area contributed by atoms with E-state index in [2.05, 4.69) is 26.2 Å². The normalized spacial score (nSPS) is 10.7. The molecule has 2 rings (SSSR count). The summed E-state index contributed by atoms with van der Waals surface area (Å²) in [5, 5.41) is 19.0. The summed E-state index contributed by atoms with van der Waals surface area (Å²) >= 11 is 3.23. The van der Waals surface area contributed by atoms with Crippen LogP contribution < -0.4 is 5.73 Å². The lowest BCUT2D eigenvalue weighted by Crippen LogP contribution is -2.04. The first-order valence-electron chi connectivity index (χ1n) is 6.12. The van der Waals surface area contributed by atoms with Crippen molar-refractivity contribution < 1.29 is 4.92 Å². The van der Waals surface area contributed by atoms with Gasteiger partial charge >= 0.3 is 0 Å². The van der Waals surface area contributed by atoms with Crippen molar-refractivity contribution in [3.05, 3.63) is 50.2 Å². The van der Waals surface area contributed by atoms with Gasteiger partial charge in [0.15, 0.2) is 0 Å². The highest BCUT2D eigenvalue weighted by atomic mass is 79.9. The predicted octanol–water partition coefficient (Wildman–Crippen LogP) is 1.89. The summed E-state index contributed by atoms with van der Waals surface area (Å²) < 4.78 is 2.28. The van der Waals surface area contributed by atoms with E-state index in [1.807, 2.05) is 0 Å². The smallest absolute Gasteiger partial charge is 0.275 e. The average molecular weight is 340 g/mol. The first-order valence-corrected chi connectivity index (χ1v) is 6.91. The molecule has 106 valence electrons. The number of benzene rings is 1. The topological polar surface area (TPSA) is 99.9 Å². The Kier molecular flexibility index (Phi) is 4.80. The van der Waals surface area contributed by atoms with Crippen molar-refractivity contribution in [3.8, 4) is 0 Å². The van der Waals surface area contributed by atoms with E-state index in [1.165, 1.54) is 6.07 Å². The molecule has 0 unspecified atom stereocenters. The Labute approximate surface area is 124 Å². The molecule has 1 aromatic heterocycles. The van der Waals surface area contributed by atoms with Gasteiger partial charge in [-0.05, 0) is 31.5 Å². The Hall–Kier alpha value is -1.80. The van der Waals surface area contributed by atoms with E-state index in [-0.39, 0.29) is 5.69 Å². The summed E-state index contributed by atoms with van der Waals surface area (Å²) in [6, 6.07) is 4.97. The number of nitrogens with zero attached hydrogens (tertiary/aromatic N) is 4. The Morgan fingerprint density at radius 1 is 1.45 bits per heavy atom. The number of nitro groups is 1. The standard InChI is InChI=1S/C12H14BrN5O2/c13-10-4-3-9(12(6-10)18(19)20)7-17-8-11(15-16-17)2-1-5-14/h3-4,6,8H,1-2,5,7,14H2. The molecule has 20 heavy (non-hydrogen) atoms. The van der Waals surface area contributed by atoms with Gasteiger partial charge < -0.3 is 5.73 Å². The van der Waals surface area contributed by atoms with Gasteiger partial charge in [-0.25, -0.2) is 4.68 Å². The SMILES string of the molecule is NCCCc1cn(Cc2ccc(Br)cc2[N+](=O)[O-])nn1. The van der Waals surface area contributed by atoms with E-state index < -0.39 is 4.92 Å². The molecule has 0 aliphatic rings. The maximum Gasteiger partial charge on any atom is 0.275 e. The maximum atomic E-state index is 11.0. The van der Waals surface area contributed by atoms with Crippen LogP contribution in [0.5, 0.6) is 0 Å². The van der Waals surface area contributed by atoms with Crippen molar-refractivity contribution in [3.63, 3.8) is 0 Å². The molecule has 0 amide bonds. The molecule has 0 fully saturated rings. The molecule has 0 spiro atoms.